The molecule has 2 aromatic rings. The van der Waals surface area contributed by atoms with Gasteiger partial charge in [-0.05, 0) is 36.8 Å². The lowest BCUT2D eigenvalue weighted by molar-refractivity contribution is 0.0995. The van der Waals surface area contributed by atoms with Gasteiger partial charge in [0.25, 0.3) is 0 Å². The van der Waals surface area contributed by atoms with Crippen LogP contribution in [0, 0.1) is 12.7 Å². The molecule has 1 aromatic heterocycles. The van der Waals surface area contributed by atoms with Crippen molar-refractivity contribution in [1.29, 1.82) is 0 Å². The maximum absolute atomic E-state index is 13.6. The van der Waals surface area contributed by atoms with E-state index in [1.54, 1.807) is 18.2 Å². The smallest absolute Gasteiger partial charge is 0.177 e. The Morgan fingerprint density at radius 1 is 1.35 bits per heavy atom. The number of thiophene rings is 1. The third kappa shape index (κ3) is 3.01. The normalized spacial score (nSPS) is 10.5. The maximum atomic E-state index is 13.6. The molecule has 0 atom stereocenters. The molecule has 4 heteroatoms. The monoisotopic (exact) mass is 312 g/mol. The Hall–Kier alpha value is -1.00. The summed E-state index contributed by atoms with van der Waals surface area (Å²) in [6.45, 7) is 1.95. The van der Waals surface area contributed by atoms with Crippen LogP contribution in [0.2, 0.25) is 0 Å². The Labute approximate surface area is 111 Å². The Morgan fingerprint density at radius 3 is 2.71 bits per heavy atom. The van der Waals surface area contributed by atoms with Crippen LogP contribution in [0.3, 0.4) is 0 Å². The van der Waals surface area contributed by atoms with Crippen LogP contribution >= 0.6 is 27.3 Å². The fourth-order valence-electron chi connectivity index (χ4n) is 1.51. The van der Waals surface area contributed by atoms with Gasteiger partial charge in [0, 0.05) is 15.8 Å². The van der Waals surface area contributed by atoms with Crippen LogP contribution in [0.25, 0.3) is 0 Å². The summed E-state index contributed by atoms with van der Waals surface area (Å²) in [7, 11) is 0. The van der Waals surface area contributed by atoms with Gasteiger partial charge >= 0.3 is 0 Å². The molecule has 0 aliphatic carbocycles. The Morgan fingerprint density at radius 2 is 2.12 bits per heavy atom. The second-order valence-corrected chi connectivity index (χ2v) is 5.95. The van der Waals surface area contributed by atoms with Crippen molar-refractivity contribution in [1.82, 2.24) is 0 Å². The Kier molecular flexibility index (Phi) is 3.74. The van der Waals surface area contributed by atoms with Crippen LogP contribution in [-0.2, 0) is 6.42 Å². The summed E-state index contributed by atoms with van der Waals surface area (Å²) in [4.78, 5) is 13.7. The lowest BCUT2D eigenvalue weighted by atomic mass is 10.1. The summed E-state index contributed by atoms with van der Waals surface area (Å²) in [5.41, 5.74) is 0.434. The molecule has 0 aliphatic heterocycles. The zero-order valence-corrected chi connectivity index (χ0v) is 11.6. The first-order valence-corrected chi connectivity index (χ1v) is 6.71. The van der Waals surface area contributed by atoms with E-state index in [1.807, 2.05) is 13.0 Å². The minimum absolute atomic E-state index is 0.0377. The predicted molar refractivity (Wildman–Crippen MR) is 71.2 cm³/mol. The van der Waals surface area contributed by atoms with E-state index >= 15 is 0 Å². The Balaban J connectivity index is 2.18. The van der Waals surface area contributed by atoms with Gasteiger partial charge in [-0.2, -0.15) is 0 Å². The first-order chi connectivity index (χ1) is 8.06. The molecule has 0 radical (unpaired) electrons. The Bertz CT molecular complexity index is 562. The van der Waals surface area contributed by atoms with Crippen molar-refractivity contribution >= 4 is 33.0 Å². The fraction of sp³-hybridized carbons (Fsp3) is 0.154. The third-order valence-corrected chi connectivity index (χ3v) is 3.92. The fourth-order valence-corrected chi connectivity index (χ4v) is 2.65. The van der Waals surface area contributed by atoms with Crippen LogP contribution in [-0.4, -0.2) is 5.78 Å². The molecular weight excluding hydrogens is 303 g/mol. The van der Waals surface area contributed by atoms with Gasteiger partial charge in [-0.3, -0.25) is 4.79 Å². The van der Waals surface area contributed by atoms with Crippen molar-refractivity contribution in [3.8, 4) is 0 Å². The standard InChI is InChI=1S/C13H10BrFOS/c1-8-2-5-13(17-8)12(16)6-9-3-4-10(14)7-11(9)15/h2-5,7H,6H2,1H3. The van der Waals surface area contributed by atoms with Crippen molar-refractivity contribution in [2.75, 3.05) is 0 Å². The largest absolute Gasteiger partial charge is 0.293 e. The van der Waals surface area contributed by atoms with E-state index in [4.69, 9.17) is 0 Å². The molecule has 88 valence electrons. The summed E-state index contributed by atoms with van der Waals surface area (Å²) < 4.78 is 14.2. The average Bonchev–Trinajstić information content (AvgIpc) is 2.69. The zero-order valence-electron chi connectivity index (χ0n) is 9.17. The molecule has 1 nitrogen and oxygen atoms in total. The highest BCUT2D eigenvalue weighted by Gasteiger charge is 2.12. The third-order valence-electron chi connectivity index (χ3n) is 2.38. The van der Waals surface area contributed by atoms with Gasteiger partial charge in [-0.1, -0.05) is 22.0 Å². The summed E-state index contributed by atoms with van der Waals surface area (Å²) in [5.74, 6) is -0.384. The molecule has 17 heavy (non-hydrogen) atoms. The average molecular weight is 313 g/mol. The van der Waals surface area contributed by atoms with Gasteiger partial charge in [-0.25, -0.2) is 4.39 Å². The molecule has 0 amide bonds. The minimum atomic E-state index is -0.346. The first-order valence-electron chi connectivity index (χ1n) is 5.10. The lowest BCUT2D eigenvalue weighted by Gasteiger charge is -2.02. The van der Waals surface area contributed by atoms with E-state index < -0.39 is 0 Å². The number of ketones is 1. The van der Waals surface area contributed by atoms with E-state index in [2.05, 4.69) is 15.9 Å². The second kappa shape index (κ2) is 5.10. The minimum Gasteiger partial charge on any atom is -0.293 e. The number of halogens is 2. The van der Waals surface area contributed by atoms with E-state index in [1.165, 1.54) is 17.4 Å². The zero-order chi connectivity index (χ0) is 12.4. The van der Waals surface area contributed by atoms with Crippen LogP contribution in [0.5, 0.6) is 0 Å². The molecule has 0 aliphatic rings. The molecule has 0 saturated carbocycles. The van der Waals surface area contributed by atoms with Crippen molar-refractivity contribution in [2.24, 2.45) is 0 Å². The van der Waals surface area contributed by atoms with Crippen LogP contribution < -0.4 is 0 Å². The number of hydrogen-bond acceptors (Lipinski definition) is 2. The topological polar surface area (TPSA) is 17.1 Å². The first kappa shape index (κ1) is 12.5. The molecule has 0 bridgehead atoms. The number of Topliss-reactive ketones (excluding diaryl/α,β-unsaturated/α-hetero) is 1. The van der Waals surface area contributed by atoms with Crippen molar-refractivity contribution < 1.29 is 9.18 Å². The number of rotatable bonds is 3. The molecule has 1 heterocycles. The van der Waals surface area contributed by atoms with E-state index in [9.17, 15) is 9.18 Å². The second-order valence-electron chi connectivity index (χ2n) is 3.75. The quantitative estimate of drug-likeness (QED) is 0.768. The molecule has 2 rings (SSSR count). The van der Waals surface area contributed by atoms with E-state index in [0.29, 0.717) is 14.9 Å². The van der Waals surface area contributed by atoms with Gasteiger partial charge < -0.3 is 0 Å². The van der Waals surface area contributed by atoms with Gasteiger partial charge in [0.05, 0.1) is 4.88 Å². The molecule has 0 saturated heterocycles. The van der Waals surface area contributed by atoms with Crippen LogP contribution in [0.4, 0.5) is 4.39 Å². The lowest BCUT2D eigenvalue weighted by Crippen LogP contribution is -2.03. The molecule has 0 N–H and O–H groups in total. The van der Waals surface area contributed by atoms with E-state index in [0.717, 1.165) is 4.88 Å². The summed E-state index contributed by atoms with van der Waals surface area (Å²) in [5, 5.41) is 0. The highest BCUT2D eigenvalue weighted by molar-refractivity contribution is 9.10. The number of carbonyl (C=O) groups is 1. The van der Waals surface area contributed by atoms with Crippen molar-refractivity contribution in [2.45, 2.75) is 13.3 Å². The molecule has 1 aromatic carbocycles. The molecular formula is C13H10BrFOS. The number of carbonyl (C=O) groups excluding carboxylic acids is 1. The maximum Gasteiger partial charge on any atom is 0.177 e. The highest BCUT2D eigenvalue weighted by Crippen LogP contribution is 2.20. The SMILES string of the molecule is Cc1ccc(C(=O)Cc2ccc(Br)cc2F)s1. The van der Waals surface area contributed by atoms with Crippen molar-refractivity contribution in [3.05, 3.63) is 55.9 Å². The molecule has 0 unspecified atom stereocenters. The summed E-state index contributed by atoms with van der Waals surface area (Å²) >= 11 is 4.63. The number of aryl methyl sites for hydroxylation is 1. The molecule has 0 spiro atoms. The van der Waals surface area contributed by atoms with Crippen LogP contribution in [0.15, 0.2) is 34.8 Å². The van der Waals surface area contributed by atoms with Crippen molar-refractivity contribution in [3.63, 3.8) is 0 Å². The number of hydrogen-bond donors (Lipinski definition) is 0. The van der Waals surface area contributed by atoms with Gasteiger partial charge in [0.15, 0.2) is 5.78 Å². The summed E-state index contributed by atoms with van der Waals surface area (Å²) in [6.07, 6.45) is 0.110. The van der Waals surface area contributed by atoms with Gasteiger partial charge in [0.1, 0.15) is 5.82 Å². The summed E-state index contributed by atoms with van der Waals surface area (Å²) in [6, 6.07) is 8.44. The predicted octanol–water partition coefficient (Wildman–Crippen LogP) is 4.38. The molecule has 0 fully saturated rings. The van der Waals surface area contributed by atoms with Gasteiger partial charge in [0.2, 0.25) is 0 Å². The van der Waals surface area contributed by atoms with Gasteiger partial charge in [-0.15, -0.1) is 11.3 Å². The highest BCUT2D eigenvalue weighted by atomic mass is 79.9. The van der Waals surface area contributed by atoms with E-state index in [-0.39, 0.29) is 18.0 Å². The van der Waals surface area contributed by atoms with Crippen LogP contribution in [0.1, 0.15) is 20.1 Å². The number of benzene rings is 1.